The predicted octanol–water partition coefficient (Wildman–Crippen LogP) is 2.28. The quantitative estimate of drug-likeness (QED) is 0.642. The number of aryl methyl sites for hydroxylation is 1. The van der Waals surface area contributed by atoms with Crippen molar-refractivity contribution in [2.45, 2.75) is 26.8 Å². The van der Waals surface area contributed by atoms with Crippen molar-refractivity contribution in [2.24, 2.45) is 0 Å². The van der Waals surface area contributed by atoms with E-state index in [0.29, 0.717) is 22.8 Å². The van der Waals surface area contributed by atoms with Crippen LogP contribution in [0.25, 0.3) is 17.1 Å². The highest BCUT2D eigenvalue weighted by Crippen LogP contribution is 2.29. The summed E-state index contributed by atoms with van der Waals surface area (Å²) in [6.45, 7) is 5.83. The number of hydrogen-bond acceptors (Lipinski definition) is 6. The number of nitrogen functional groups attached to an aromatic ring is 1. The number of anilines is 1. The first kappa shape index (κ1) is 21.5. The van der Waals surface area contributed by atoms with Gasteiger partial charge in [-0.05, 0) is 62.1 Å². The second-order valence-corrected chi connectivity index (χ2v) is 8.29. The van der Waals surface area contributed by atoms with Gasteiger partial charge in [0.15, 0.2) is 11.6 Å². The van der Waals surface area contributed by atoms with Crippen molar-refractivity contribution in [3.8, 4) is 28.9 Å². The Balaban J connectivity index is 1.79. The monoisotopic (exact) mass is 429 g/mol. The van der Waals surface area contributed by atoms with Crippen LogP contribution in [0.5, 0.6) is 0 Å². The molecule has 2 aromatic heterocycles. The van der Waals surface area contributed by atoms with E-state index in [-0.39, 0.29) is 11.7 Å². The highest BCUT2D eigenvalue weighted by atomic mass is 16.2. The van der Waals surface area contributed by atoms with Gasteiger partial charge >= 0.3 is 0 Å². The molecular weight excluding hydrogens is 402 g/mol. The minimum Gasteiger partial charge on any atom is -0.381 e. The average molecular weight is 430 g/mol. The molecule has 0 atom stereocenters. The third-order valence-electron chi connectivity index (χ3n) is 5.64. The van der Waals surface area contributed by atoms with Crippen molar-refractivity contribution in [1.82, 2.24) is 29.5 Å². The molecule has 3 heterocycles. The molecule has 0 bridgehead atoms. The van der Waals surface area contributed by atoms with Crippen molar-refractivity contribution < 1.29 is 4.79 Å². The molecule has 0 saturated heterocycles. The molecule has 3 aromatic rings. The number of benzene rings is 1. The summed E-state index contributed by atoms with van der Waals surface area (Å²) in [5.41, 5.74) is 12.6. The molecule has 0 aliphatic carbocycles. The molecule has 0 radical (unpaired) electrons. The van der Waals surface area contributed by atoms with Crippen LogP contribution in [0.1, 0.15) is 39.7 Å². The van der Waals surface area contributed by atoms with Crippen LogP contribution in [0.2, 0.25) is 0 Å². The number of nitrogens with two attached hydrogens (primary N) is 1. The van der Waals surface area contributed by atoms with Gasteiger partial charge in [0, 0.05) is 38.9 Å². The third-order valence-corrected chi connectivity index (χ3v) is 5.64. The van der Waals surface area contributed by atoms with E-state index in [1.165, 1.54) is 26.3 Å². The molecule has 0 spiro atoms. The van der Waals surface area contributed by atoms with Crippen LogP contribution in [0, 0.1) is 18.8 Å². The van der Waals surface area contributed by atoms with E-state index in [0.717, 1.165) is 25.1 Å². The summed E-state index contributed by atoms with van der Waals surface area (Å²) in [5.74, 6) is 6.11. The lowest BCUT2D eigenvalue weighted by molar-refractivity contribution is 0.0827. The van der Waals surface area contributed by atoms with Gasteiger partial charge in [0.05, 0.1) is 17.5 Å². The zero-order valence-corrected chi connectivity index (χ0v) is 19.1. The van der Waals surface area contributed by atoms with Gasteiger partial charge in [-0.1, -0.05) is 5.92 Å². The Morgan fingerprint density at radius 3 is 2.78 bits per heavy atom. The molecule has 2 N–H and O–H groups in total. The second-order valence-electron chi connectivity index (χ2n) is 8.29. The molecule has 1 amide bonds. The van der Waals surface area contributed by atoms with E-state index in [9.17, 15) is 4.79 Å². The van der Waals surface area contributed by atoms with Gasteiger partial charge in [-0.3, -0.25) is 4.79 Å². The van der Waals surface area contributed by atoms with E-state index >= 15 is 0 Å². The van der Waals surface area contributed by atoms with Crippen LogP contribution in [0.3, 0.4) is 0 Å². The number of hydrogen-bond donors (Lipinski definition) is 1. The van der Waals surface area contributed by atoms with Gasteiger partial charge < -0.3 is 15.5 Å². The minimum atomic E-state index is -0.188. The number of carbonyl (C=O) groups is 1. The van der Waals surface area contributed by atoms with Gasteiger partial charge in [0.2, 0.25) is 0 Å². The topological polar surface area (TPSA) is 93.2 Å². The fraction of sp³-hybridized carbons (Fsp3) is 0.333. The van der Waals surface area contributed by atoms with Crippen LogP contribution in [0.15, 0.2) is 24.5 Å². The maximum atomic E-state index is 12.6. The van der Waals surface area contributed by atoms with Crippen molar-refractivity contribution in [3.63, 3.8) is 0 Å². The Kier molecular flexibility index (Phi) is 5.68. The predicted molar refractivity (Wildman–Crippen MR) is 124 cm³/mol. The maximum absolute atomic E-state index is 12.6. The first-order valence-electron chi connectivity index (χ1n) is 10.5. The number of fused-ring (bicyclic) bond motifs is 1. The zero-order chi connectivity index (χ0) is 23.0. The Morgan fingerprint density at radius 1 is 1.28 bits per heavy atom. The fourth-order valence-electron chi connectivity index (χ4n) is 3.93. The molecule has 0 fully saturated rings. The van der Waals surface area contributed by atoms with Crippen molar-refractivity contribution in [3.05, 3.63) is 52.5 Å². The standard InChI is InChI=1S/C24H27N7O/c1-6-7-20-19(24(32)29(3)4)14-31(28-20)23-22(25)26-12-21(27-23)17-10-15(2)18-13-30(5)9-8-16(18)11-17/h10-12,14H,8-9,13H2,1-5H3,(H2,25,26). The first-order chi connectivity index (χ1) is 15.3. The molecule has 8 heteroatoms. The van der Waals surface area contributed by atoms with Gasteiger partial charge in [-0.25, -0.2) is 14.6 Å². The summed E-state index contributed by atoms with van der Waals surface area (Å²) in [5, 5.41) is 4.47. The van der Waals surface area contributed by atoms with E-state index in [2.05, 4.69) is 52.9 Å². The third kappa shape index (κ3) is 3.95. The normalized spacial score (nSPS) is 13.3. The number of carbonyl (C=O) groups excluding carboxylic acids is 1. The molecule has 8 nitrogen and oxygen atoms in total. The molecular formula is C24H27N7O. The fourth-order valence-corrected chi connectivity index (χ4v) is 3.93. The summed E-state index contributed by atoms with van der Waals surface area (Å²) >= 11 is 0. The van der Waals surface area contributed by atoms with E-state index < -0.39 is 0 Å². The SMILES string of the molecule is CC#Cc1nn(-c2nc(-c3cc(C)c4c(c3)CCN(C)C4)cnc2N)cc1C(=O)N(C)C. The molecule has 0 saturated carbocycles. The zero-order valence-electron chi connectivity index (χ0n) is 19.1. The average Bonchev–Trinajstić information content (AvgIpc) is 3.17. The Bertz CT molecular complexity index is 1260. The van der Waals surface area contributed by atoms with Crippen molar-refractivity contribution in [2.75, 3.05) is 33.4 Å². The Hall–Kier alpha value is -3.70. The van der Waals surface area contributed by atoms with Gasteiger partial charge in [-0.2, -0.15) is 5.10 Å². The first-order valence-corrected chi connectivity index (χ1v) is 10.5. The number of nitrogens with zero attached hydrogens (tertiary/aromatic N) is 6. The summed E-state index contributed by atoms with van der Waals surface area (Å²) < 4.78 is 1.49. The highest BCUT2D eigenvalue weighted by Gasteiger charge is 2.21. The number of amides is 1. The largest absolute Gasteiger partial charge is 0.381 e. The molecule has 32 heavy (non-hydrogen) atoms. The lowest BCUT2D eigenvalue weighted by Crippen LogP contribution is -2.27. The van der Waals surface area contributed by atoms with Crippen LogP contribution in [0.4, 0.5) is 5.82 Å². The van der Waals surface area contributed by atoms with Gasteiger partial charge in [0.1, 0.15) is 5.69 Å². The lowest BCUT2D eigenvalue weighted by atomic mass is 9.92. The molecule has 0 unspecified atom stereocenters. The van der Waals surface area contributed by atoms with Crippen LogP contribution < -0.4 is 5.73 Å². The molecule has 1 aromatic carbocycles. The Morgan fingerprint density at radius 2 is 2.06 bits per heavy atom. The minimum absolute atomic E-state index is 0.188. The second kappa shape index (κ2) is 8.44. The Labute approximate surface area is 188 Å². The summed E-state index contributed by atoms with van der Waals surface area (Å²) in [6.07, 6.45) is 4.29. The summed E-state index contributed by atoms with van der Waals surface area (Å²) in [7, 11) is 5.52. The molecule has 1 aliphatic rings. The summed E-state index contributed by atoms with van der Waals surface area (Å²) in [6, 6.07) is 4.33. The number of rotatable bonds is 3. The lowest BCUT2D eigenvalue weighted by Gasteiger charge is -2.27. The van der Waals surface area contributed by atoms with Crippen LogP contribution in [-0.2, 0) is 13.0 Å². The van der Waals surface area contributed by atoms with E-state index in [1.807, 2.05) is 0 Å². The molecule has 164 valence electrons. The maximum Gasteiger partial charge on any atom is 0.257 e. The van der Waals surface area contributed by atoms with Crippen LogP contribution in [-0.4, -0.2) is 63.1 Å². The smallest absolute Gasteiger partial charge is 0.257 e. The van der Waals surface area contributed by atoms with E-state index in [4.69, 9.17) is 10.7 Å². The van der Waals surface area contributed by atoms with Crippen LogP contribution >= 0.6 is 0 Å². The van der Waals surface area contributed by atoms with Crippen molar-refractivity contribution in [1.29, 1.82) is 0 Å². The highest BCUT2D eigenvalue weighted by molar-refractivity contribution is 5.95. The number of likely N-dealkylation sites (N-methyl/N-ethyl adjacent to an activating group) is 1. The van der Waals surface area contributed by atoms with Crippen molar-refractivity contribution >= 4 is 11.7 Å². The number of aromatic nitrogens is 4. The molecule has 4 rings (SSSR count). The van der Waals surface area contributed by atoms with Gasteiger partial charge in [0.25, 0.3) is 5.91 Å². The van der Waals surface area contributed by atoms with Gasteiger partial charge in [-0.15, -0.1) is 0 Å². The summed E-state index contributed by atoms with van der Waals surface area (Å²) in [4.78, 5) is 25.5. The molecule has 1 aliphatic heterocycles. The van der Waals surface area contributed by atoms with E-state index in [1.54, 1.807) is 33.4 Å².